The van der Waals surface area contributed by atoms with Crippen molar-refractivity contribution in [2.45, 2.75) is 31.7 Å². The van der Waals surface area contributed by atoms with Crippen LogP contribution in [0.5, 0.6) is 5.75 Å². The summed E-state index contributed by atoms with van der Waals surface area (Å²) < 4.78 is 45.2. The average molecular weight is 290 g/mol. The second-order valence-corrected chi connectivity index (χ2v) is 5.29. The number of halogens is 3. The largest absolute Gasteiger partial charge is 0.573 e. The Morgan fingerprint density at radius 1 is 1.30 bits per heavy atom. The molecule has 0 amide bonds. The quantitative estimate of drug-likeness (QED) is 0.926. The molecule has 1 fully saturated rings. The topological polar surface area (TPSA) is 38.7 Å². The summed E-state index contributed by atoms with van der Waals surface area (Å²) in [5, 5.41) is 10.4. The first-order valence-corrected chi connectivity index (χ1v) is 6.41. The number of alkyl halides is 3. The Morgan fingerprint density at radius 3 is 2.45 bits per heavy atom. The van der Waals surface area contributed by atoms with Gasteiger partial charge in [0.1, 0.15) is 5.75 Å². The van der Waals surface area contributed by atoms with Crippen LogP contribution in [0.3, 0.4) is 0 Å². The molecule has 0 aliphatic carbocycles. The number of hydrogen-bond acceptors (Lipinski definition) is 3. The van der Waals surface area contributed by atoms with Crippen molar-refractivity contribution >= 4 is 0 Å². The van der Waals surface area contributed by atoms with Crippen LogP contribution in [0.2, 0.25) is 0 Å². The SMILES string of the molecule is CC(O)(Cc1ccc(OC(F)(F)F)cc1)C1CCOC1. The molecule has 1 N–H and O–H groups in total. The van der Waals surface area contributed by atoms with Gasteiger partial charge in [0.25, 0.3) is 0 Å². The molecule has 0 aromatic heterocycles. The van der Waals surface area contributed by atoms with Crippen LogP contribution in [0.15, 0.2) is 24.3 Å². The molecule has 1 aliphatic rings. The van der Waals surface area contributed by atoms with Crippen molar-refractivity contribution in [3.63, 3.8) is 0 Å². The Kier molecular flexibility index (Phi) is 4.25. The van der Waals surface area contributed by atoms with Crippen molar-refractivity contribution in [1.29, 1.82) is 0 Å². The zero-order valence-electron chi connectivity index (χ0n) is 11.1. The molecule has 1 aromatic carbocycles. The lowest BCUT2D eigenvalue weighted by Gasteiger charge is -2.29. The molecule has 0 radical (unpaired) electrons. The Morgan fingerprint density at radius 2 is 1.95 bits per heavy atom. The van der Waals surface area contributed by atoms with Crippen molar-refractivity contribution in [3.8, 4) is 5.75 Å². The van der Waals surface area contributed by atoms with E-state index in [0.717, 1.165) is 12.0 Å². The predicted molar refractivity (Wildman–Crippen MR) is 66.4 cm³/mol. The van der Waals surface area contributed by atoms with E-state index in [4.69, 9.17) is 4.74 Å². The number of hydrogen-bond donors (Lipinski definition) is 1. The summed E-state index contributed by atoms with van der Waals surface area (Å²) >= 11 is 0. The number of ether oxygens (including phenoxy) is 2. The summed E-state index contributed by atoms with van der Waals surface area (Å²) in [6.07, 6.45) is -3.52. The highest BCUT2D eigenvalue weighted by molar-refractivity contribution is 5.28. The third kappa shape index (κ3) is 4.11. The van der Waals surface area contributed by atoms with Gasteiger partial charge in [-0.1, -0.05) is 12.1 Å². The van der Waals surface area contributed by atoms with Gasteiger partial charge in [-0.3, -0.25) is 0 Å². The van der Waals surface area contributed by atoms with E-state index in [1.807, 2.05) is 0 Å². The summed E-state index contributed by atoms with van der Waals surface area (Å²) in [7, 11) is 0. The van der Waals surface area contributed by atoms with Crippen LogP contribution in [-0.2, 0) is 11.2 Å². The molecule has 2 atom stereocenters. The molecule has 2 rings (SSSR count). The van der Waals surface area contributed by atoms with E-state index in [-0.39, 0.29) is 11.7 Å². The van der Waals surface area contributed by atoms with Gasteiger partial charge >= 0.3 is 6.36 Å². The molecule has 1 aromatic rings. The fraction of sp³-hybridized carbons (Fsp3) is 0.571. The molecular weight excluding hydrogens is 273 g/mol. The van der Waals surface area contributed by atoms with Crippen LogP contribution in [0, 0.1) is 5.92 Å². The van der Waals surface area contributed by atoms with Gasteiger partial charge in [0.2, 0.25) is 0 Å². The molecule has 1 heterocycles. The predicted octanol–water partition coefficient (Wildman–Crippen LogP) is 2.92. The number of aliphatic hydroxyl groups is 1. The smallest absolute Gasteiger partial charge is 0.406 e. The molecule has 1 aliphatic heterocycles. The summed E-state index contributed by atoms with van der Waals surface area (Å²) in [5.41, 5.74) is -0.167. The Balaban J connectivity index is 1.99. The van der Waals surface area contributed by atoms with Gasteiger partial charge in [0.05, 0.1) is 12.2 Å². The Labute approximate surface area is 115 Å². The maximum Gasteiger partial charge on any atom is 0.573 e. The van der Waals surface area contributed by atoms with Crippen molar-refractivity contribution in [1.82, 2.24) is 0 Å². The van der Waals surface area contributed by atoms with Gasteiger partial charge in [0, 0.05) is 18.9 Å². The monoisotopic (exact) mass is 290 g/mol. The van der Waals surface area contributed by atoms with Crippen LogP contribution >= 0.6 is 0 Å². The standard InChI is InChI=1S/C14H17F3O3/c1-13(18,11-6-7-19-9-11)8-10-2-4-12(5-3-10)20-14(15,16)17/h2-5,11,18H,6-9H2,1H3. The van der Waals surface area contributed by atoms with Crippen molar-refractivity contribution in [2.75, 3.05) is 13.2 Å². The maximum atomic E-state index is 12.0. The Hall–Kier alpha value is -1.27. The van der Waals surface area contributed by atoms with Crippen LogP contribution < -0.4 is 4.74 Å². The zero-order valence-corrected chi connectivity index (χ0v) is 11.1. The van der Waals surface area contributed by atoms with Gasteiger partial charge in [0.15, 0.2) is 0 Å². The van der Waals surface area contributed by atoms with E-state index in [1.165, 1.54) is 24.3 Å². The van der Waals surface area contributed by atoms with Gasteiger partial charge in [-0.2, -0.15) is 0 Å². The van der Waals surface area contributed by atoms with Crippen LogP contribution in [0.1, 0.15) is 18.9 Å². The molecular formula is C14H17F3O3. The highest BCUT2D eigenvalue weighted by atomic mass is 19.4. The van der Waals surface area contributed by atoms with Gasteiger partial charge in [-0.15, -0.1) is 13.2 Å². The minimum atomic E-state index is -4.69. The summed E-state index contributed by atoms with van der Waals surface area (Å²) in [4.78, 5) is 0. The van der Waals surface area contributed by atoms with Crippen LogP contribution in [0.4, 0.5) is 13.2 Å². The van der Waals surface area contributed by atoms with E-state index in [9.17, 15) is 18.3 Å². The number of rotatable bonds is 4. The number of benzene rings is 1. The van der Waals surface area contributed by atoms with Gasteiger partial charge in [-0.05, 0) is 31.0 Å². The van der Waals surface area contributed by atoms with Crippen molar-refractivity contribution < 1.29 is 27.8 Å². The van der Waals surface area contributed by atoms with E-state index >= 15 is 0 Å². The zero-order chi connectivity index (χ0) is 14.8. The second kappa shape index (κ2) is 5.61. The van der Waals surface area contributed by atoms with E-state index in [2.05, 4.69) is 4.74 Å². The second-order valence-electron chi connectivity index (χ2n) is 5.29. The average Bonchev–Trinajstić information content (AvgIpc) is 2.84. The van der Waals surface area contributed by atoms with Crippen molar-refractivity contribution in [2.24, 2.45) is 5.92 Å². The van der Waals surface area contributed by atoms with E-state index in [0.29, 0.717) is 19.6 Å². The Bertz CT molecular complexity index is 434. The lowest BCUT2D eigenvalue weighted by Crippen LogP contribution is -2.37. The fourth-order valence-corrected chi connectivity index (χ4v) is 2.39. The third-order valence-electron chi connectivity index (χ3n) is 3.53. The molecule has 112 valence electrons. The van der Waals surface area contributed by atoms with E-state index < -0.39 is 12.0 Å². The minimum Gasteiger partial charge on any atom is -0.406 e. The summed E-state index contributed by atoms with van der Waals surface area (Å²) in [5.74, 6) is -0.210. The van der Waals surface area contributed by atoms with Gasteiger partial charge in [-0.25, -0.2) is 0 Å². The molecule has 1 saturated heterocycles. The first kappa shape index (κ1) is 15.1. The molecule has 3 nitrogen and oxygen atoms in total. The first-order valence-electron chi connectivity index (χ1n) is 6.41. The molecule has 0 bridgehead atoms. The highest BCUT2D eigenvalue weighted by Crippen LogP contribution is 2.30. The van der Waals surface area contributed by atoms with Crippen LogP contribution in [0.25, 0.3) is 0 Å². The lowest BCUT2D eigenvalue weighted by molar-refractivity contribution is -0.274. The minimum absolute atomic E-state index is 0.0496. The van der Waals surface area contributed by atoms with E-state index in [1.54, 1.807) is 6.92 Å². The summed E-state index contributed by atoms with van der Waals surface area (Å²) in [6.45, 7) is 2.88. The molecule has 20 heavy (non-hydrogen) atoms. The fourth-order valence-electron chi connectivity index (χ4n) is 2.39. The molecule has 0 saturated carbocycles. The van der Waals surface area contributed by atoms with Gasteiger partial charge < -0.3 is 14.6 Å². The third-order valence-corrected chi connectivity index (χ3v) is 3.53. The lowest BCUT2D eigenvalue weighted by atomic mass is 9.83. The maximum absolute atomic E-state index is 12.0. The molecule has 2 unspecified atom stereocenters. The molecule has 0 spiro atoms. The molecule has 6 heteroatoms. The summed E-state index contributed by atoms with van der Waals surface area (Å²) in [6, 6.07) is 5.57. The first-order chi connectivity index (χ1) is 9.26. The highest BCUT2D eigenvalue weighted by Gasteiger charge is 2.35. The van der Waals surface area contributed by atoms with Crippen molar-refractivity contribution in [3.05, 3.63) is 29.8 Å². The van der Waals surface area contributed by atoms with Crippen LogP contribution in [-0.4, -0.2) is 30.3 Å². The normalized spacial score (nSPS) is 22.6.